The maximum atomic E-state index is 13.3. The van der Waals surface area contributed by atoms with Crippen molar-refractivity contribution in [2.24, 2.45) is 5.92 Å². The fourth-order valence-electron chi connectivity index (χ4n) is 5.31. The number of likely N-dealkylation sites (N-methyl/N-ethyl adjacent to an activating group) is 1. The number of nitrogens with zero attached hydrogens (tertiary/aromatic N) is 1. The summed E-state index contributed by atoms with van der Waals surface area (Å²) in [6, 6.07) is 23.8. The van der Waals surface area contributed by atoms with Gasteiger partial charge in [0.1, 0.15) is 18.7 Å². The predicted molar refractivity (Wildman–Crippen MR) is 158 cm³/mol. The summed E-state index contributed by atoms with van der Waals surface area (Å²) in [4.78, 5) is 40.2. The molecule has 1 aliphatic carbocycles. The van der Waals surface area contributed by atoms with E-state index < -0.39 is 30.1 Å². The van der Waals surface area contributed by atoms with E-state index in [1.807, 2.05) is 85.5 Å². The molecule has 8 heteroatoms. The predicted octanol–water partition coefficient (Wildman–Crippen LogP) is 5.03. The first-order chi connectivity index (χ1) is 19.8. The van der Waals surface area contributed by atoms with Crippen molar-refractivity contribution in [3.05, 3.63) is 95.6 Å². The first-order valence-electron chi connectivity index (χ1n) is 14.1. The fourth-order valence-corrected chi connectivity index (χ4v) is 5.31. The molecule has 0 aromatic heterocycles. The zero-order valence-electron chi connectivity index (χ0n) is 23.9. The number of carbonyl (C=O) groups excluding carboxylic acids is 2. The van der Waals surface area contributed by atoms with Gasteiger partial charge in [0, 0.05) is 19.0 Å². The number of aliphatic carboxylic acids is 1. The smallest absolute Gasteiger partial charge is 0.407 e. The molecule has 3 N–H and O–H groups in total. The molecule has 1 aliphatic rings. The van der Waals surface area contributed by atoms with Crippen LogP contribution in [0.3, 0.4) is 0 Å². The van der Waals surface area contributed by atoms with Gasteiger partial charge in [0.15, 0.2) is 0 Å². The van der Waals surface area contributed by atoms with E-state index >= 15 is 0 Å². The molecule has 0 aliphatic heterocycles. The van der Waals surface area contributed by atoms with Gasteiger partial charge in [-0.2, -0.15) is 0 Å². The summed E-state index contributed by atoms with van der Waals surface area (Å²) in [6.07, 6.45) is 0.459. The van der Waals surface area contributed by atoms with Crippen LogP contribution in [0.15, 0.2) is 78.9 Å². The molecule has 3 aromatic rings. The summed E-state index contributed by atoms with van der Waals surface area (Å²) >= 11 is 0. The third-order valence-electron chi connectivity index (χ3n) is 7.69. The minimum atomic E-state index is -1.14. The van der Waals surface area contributed by atoms with Gasteiger partial charge in [-0.3, -0.25) is 9.69 Å². The average molecular weight is 558 g/mol. The first-order valence-corrected chi connectivity index (χ1v) is 14.1. The number of benzene rings is 3. The highest BCUT2D eigenvalue weighted by atomic mass is 16.5. The average Bonchev–Trinajstić information content (AvgIpc) is 3.29. The minimum absolute atomic E-state index is 0.105. The zero-order chi connectivity index (χ0) is 29.4. The molecule has 3 atom stereocenters. The Kier molecular flexibility index (Phi) is 10.1. The summed E-state index contributed by atoms with van der Waals surface area (Å²) in [5, 5.41) is 15.2. The third-order valence-corrected chi connectivity index (χ3v) is 7.69. The van der Waals surface area contributed by atoms with Crippen LogP contribution in [-0.2, 0) is 20.9 Å². The summed E-state index contributed by atoms with van der Waals surface area (Å²) in [6.45, 7) is 4.76. The minimum Gasteiger partial charge on any atom is -0.480 e. The van der Waals surface area contributed by atoms with Crippen LogP contribution >= 0.6 is 0 Å². The van der Waals surface area contributed by atoms with E-state index in [0.29, 0.717) is 13.0 Å². The summed E-state index contributed by atoms with van der Waals surface area (Å²) < 4.78 is 5.66. The van der Waals surface area contributed by atoms with E-state index in [-0.39, 0.29) is 25.0 Å². The third kappa shape index (κ3) is 7.73. The molecule has 216 valence electrons. The van der Waals surface area contributed by atoms with Crippen molar-refractivity contribution < 1.29 is 24.2 Å². The Morgan fingerprint density at radius 1 is 0.878 bits per heavy atom. The maximum Gasteiger partial charge on any atom is 0.407 e. The maximum absolute atomic E-state index is 13.3. The molecule has 3 unspecified atom stereocenters. The number of carbonyl (C=O) groups is 3. The van der Waals surface area contributed by atoms with Crippen LogP contribution in [0.5, 0.6) is 0 Å². The van der Waals surface area contributed by atoms with E-state index in [1.165, 1.54) is 0 Å². The number of amides is 2. The number of alkyl carbamates (subject to hydrolysis) is 1. The Labute approximate surface area is 241 Å². The monoisotopic (exact) mass is 557 g/mol. The largest absolute Gasteiger partial charge is 0.480 e. The van der Waals surface area contributed by atoms with E-state index in [9.17, 15) is 19.5 Å². The van der Waals surface area contributed by atoms with E-state index in [1.54, 1.807) is 7.05 Å². The second-order valence-electron chi connectivity index (χ2n) is 10.9. The first kappa shape index (κ1) is 29.8. The number of fused-ring (bicyclic) bond motifs is 3. The van der Waals surface area contributed by atoms with Gasteiger partial charge in [0.25, 0.3) is 0 Å². The molecule has 0 bridgehead atoms. The van der Waals surface area contributed by atoms with Gasteiger partial charge in [0.05, 0.1) is 0 Å². The highest BCUT2D eigenvalue weighted by Gasteiger charge is 2.31. The highest BCUT2D eigenvalue weighted by Crippen LogP contribution is 2.44. The number of rotatable bonds is 13. The van der Waals surface area contributed by atoms with Gasteiger partial charge < -0.3 is 20.5 Å². The Balaban J connectivity index is 1.39. The molecule has 0 spiro atoms. The number of hydrogen-bond acceptors (Lipinski definition) is 5. The lowest BCUT2D eigenvalue weighted by Gasteiger charge is -2.26. The molecular formula is C33H39N3O5. The molecule has 0 radical (unpaired) electrons. The van der Waals surface area contributed by atoms with E-state index in [4.69, 9.17) is 4.74 Å². The number of hydrogen-bond donors (Lipinski definition) is 3. The Morgan fingerprint density at radius 2 is 1.46 bits per heavy atom. The Hall–Kier alpha value is -4.17. The lowest BCUT2D eigenvalue weighted by Crippen LogP contribution is -2.54. The lowest BCUT2D eigenvalue weighted by atomic mass is 9.98. The molecule has 0 saturated heterocycles. The van der Waals surface area contributed by atoms with Crippen molar-refractivity contribution in [1.29, 1.82) is 0 Å². The van der Waals surface area contributed by atoms with Gasteiger partial charge >= 0.3 is 12.1 Å². The normalized spacial score (nSPS) is 14.4. The number of carboxylic acid groups (broad SMARTS) is 1. The quantitative estimate of drug-likeness (QED) is 0.272. The zero-order valence-corrected chi connectivity index (χ0v) is 23.9. The fraction of sp³-hybridized carbons (Fsp3) is 0.364. The lowest BCUT2D eigenvalue weighted by molar-refractivity contribution is -0.142. The highest BCUT2D eigenvalue weighted by molar-refractivity contribution is 5.89. The molecule has 8 nitrogen and oxygen atoms in total. The van der Waals surface area contributed by atoms with E-state index in [0.717, 1.165) is 34.2 Å². The van der Waals surface area contributed by atoms with Crippen LogP contribution in [0.4, 0.5) is 4.79 Å². The molecule has 0 saturated carbocycles. The van der Waals surface area contributed by atoms with Gasteiger partial charge in [-0.05, 0) is 47.2 Å². The number of carboxylic acids is 1. The molecule has 41 heavy (non-hydrogen) atoms. The van der Waals surface area contributed by atoms with Crippen molar-refractivity contribution in [2.75, 3.05) is 20.2 Å². The number of nitrogens with one attached hydrogen (secondary N) is 2. The van der Waals surface area contributed by atoms with Crippen molar-refractivity contribution in [3.63, 3.8) is 0 Å². The Morgan fingerprint density at radius 3 is 2.05 bits per heavy atom. The SMILES string of the molecule is CCC(C)CC(NC(=O)OCC1c2ccccc2-c2ccccc21)C(=O)NC(CN(C)Cc1ccccc1)C(=O)O. The van der Waals surface area contributed by atoms with Gasteiger partial charge in [-0.1, -0.05) is 99.1 Å². The van der Waals surface area contributed by atoms with Crippen molar-refractivity contribution >= 4 is 18.0 Å². The molecule has 2 amide bonds. The van der Waals surface area contributed by atoms with Crippen LogP contribution in [0.25, 0.3) is 11.1 Å². The van der Waals surface area contributed by atoms with Crippen LogP contribution in [0, 0.1) is 5.92 Å². The Bertz CT molecular complexity index is 1300. The molecule has 4 rings (SSSR count). The molecular weight excluding hydrogens is 518 g/mol. The van der Waals surface area contributed by atoms with E-state index in [2.05, 4.69) is 22.8 Å². The van der Waals surface area contributed by atoms with Gasteiger partial charge in [0.2, 0.25) is 5.91 Å². The van der Waals surface area contributed by atoms with Crippen LogP contribution in [0.1, 0.15) is 49.3 Å². The van der Waals surface area contributed by atoms with Crippen molar-refractivity contribution in [2.45, 2.75) is 51.2 Å². The molecule has 0 heterocycles. The van der Waals surface area contributed by atoms with Crippen LogP contribution < -0.4 is 10.6 Å². The van der Waals surface area contributed by atoms with Crippen LogP contribution in [0.2, 0.25) is 0 Å². The van der Waals surface area contributed by atoms with Gasteiger partial charge in [-0.25, -0.2) is 9.59 Å². The summed E-state index contributed by atoms with van der Waals surface area (Å²) in [7, 11) is 1.81. The van der Waals surface area contributed by atoms with Crippen LogP contribution in [-0.4, -0.2) is 60.3 Å². The van der Waals surface area contributed by atoms with Gasteiger partial charge in [-0.15, -0.1) is 0 Å². The molecule has 3 aromatic carbocycles. The standard InChI is InChI=1S/C33H39N3O5/c1-4-22(2)18-29(31(37)34-30(32(38)39)20-36(3)19-23-12-6-5-7-13-23)35-33(40)41-21-28-26-16-10-8-14-24(26)25-15-9-11-17-27(25)28/h5-17,22,28-30H,4,18-21H2,1-3H3,(H,34,37)(H,35,40)(H,38,39). The van der Waals surface area contributed by atoms with Crippen molar-refractivity contribution in [1.82, 2.24) is 15.5 Å². The van der Waals surface area contributed by atoms with Crippen molar-refractivity contribution in [3.8, 4) is 11.1 Å². The molecule has 0 fully saturated rings. The summed E-state index contributed by atoms with van der Waals surface area (Å²) in [5.41, 5.74) is 5.49. The second kappa shape index (κ2) is 13.9. The second-order valence-corrected chi connectivity index (χ2v) is 10.9. The summed E-state index contributed by atoms with van der Waals surface area (Å²) in [5.74, 6) is -1.66. The topological polar surface area (TPSA) is 108 Å². The number of ether oxygens (including phenoxy) is 1.